The van der Waals surface area contributed by atoms with E-state index in [1.165, 1.54) is 22.3 Å². The number of allylic oxidation sites excluding steroid dienone is 4. The lowest BCUT2D eigenvalue weighted by Gasteiger charge is -2.15. The molecule has 0 fully saturated rings. The Kier molecular flexibility index (Phi) is 6.89. The van der Waals surface area contributed by atoms with Crippen LogP contribution in [0.5, 0.6) is 0 Å². The molecule has 5 nitrogen and oxygen atoms in total. The number of likely N-dealkylation sites (N-methyl/N-ethyl adjacent to an activating group) is 1. The van der Waals surface area contributed by atoms with Crippen LogP contribution in [-0.4, -0.2) is 28.8 Å². The lowest BCUT2D eigenvalue weighted by atomic mass is 9.92. The van der Waals surface area contributed by atoms with E-state index < -0.39 is 0 Å². The Balaban J connectivity index is 1.54. The first kappa shape index (κ1) is 24.5. The minimum absolute atomic E-state index is 0.280. The van der Waals surface area contributed by atoms with Crippen molar-refractivity contribution in [2.45, 2.75) is 26.7 Å². The van der Waals surface area contributed by atoms with Crippen molar-refractivity contribution in [3.05, 3.63) is 113 Å². The fourth-order valence-corrected chi connectivity index (χ4v) is 4.97. The molecule has 0 aliphatic heterocycles. The maximum absolute atomic E-state index is 9.06. The minimum Gasteiger partial charge on any atom is -0.398 e. The highest BCUT2D eigenvalue weighted by atomic mass is 14.9. The Morgan fingerprint density at radius 1 is 1.08 bits per heavy atom. The third-order valence-electron chi connectivity index (χ3n) is 7.05. The number of benzene rings is 3. The molecule has 1 aliphatic rings. The van der Waals surface area contributed by atoms with Gasteiger partial charge in [-0.2, -0.15) is 0 Å². The SMILES string of the molecule is C=C1CC=C(c2ccc(N)c(C(=N)c3nc4c(-c5ccccc5)cccc4[nH]3)c2)C(C)=C(CNCC)C1. The molecule has 0 bridgehead atoms. The second-order valence-electron chi connectivity index (χ2n) is 9.59. The zero-order valence-electron chi connectivity index (χ0n) is 21.5. The molecular formula is C32H33N5. The highest BCUT2D eigenvalue weighted by Crippen LogP contribution is 2.34. The molecule has 0 spiro atoms. The lowest BCUT2D eigenvalue weighted by molar-refractivity contribution is 0.757. The highest BCUT2D eigenvalue weighted by molar-refractivity contribution is 6.13. The van der Waals surface area contributed by atoms with Crippen molar-refractivity contribution in [3.63, 3.8) is 0 Å². The molecule has 0 unspecified atom stereocenters. The second kappa shape index (κ2) is 10.4. The molecule has 5 N–H and O–H groups in total. The van der Waals surface area contributed by atoms with E-state index in [0.29, 0.717) is 17.1 Å². The van der Waals surface area contributed by atoms with E-state index in [0.717, 1.165) is 53.7 Å². The van der Waals surface area contributed by atoms with Crippen molar-refractivity contribution in [2.24, 2.45) is 0 Å². The smallest absolute Gasteiger partial charge is 0.157 e. The first-order chi connectivity index (χ1) is 18.0. The van der Waals surface area contributed by atoms with Gasteiger partial charge in [0, 0.05) is 23.4 Å². The number of para-hydroxylation sites is 1. The van der Waals surface area contributed by atoms with Crippen molar-refractivity contribution in [2.75, 3.05) is 18.8 Å². The summed E-state index contributed by atoms with van der Waals surface area (Å²) in [5.41, 5.74) is 17.9. The summed E-state index contributed by atoms with van der Waals surface area (Å²) in [6, 6.07) is 22.2. The van der Waals surface area contributed by atoms with Gasteiger partial charge >= 0.3 is 0 Å². The number of fused-ring (bicyclic) bond motifs is 1. The van der Waals surface area contributed by atoms with E-state index in [1.807, 2.05) is 48.5 Å². The molecule has 1 aliphatic carbocycles. The number of imidazole rings is 1. The molecule has 186 valence electrons. The average Bonchev–Trinajstić information content (AvgIpc) is 3.30. The molecule has 5 heteroatoms. The standard InChI is InChI=1S/C32H33N5/c1-4-35-19-24-17-20(2)13-15-25(21(24)3)23-14-16-28(33)27(18-23)30(34)32-36-29-12-8-11-26(31(29)37-32)22-9-6-5-7-10-22/h5-12,14-16,18,34-35H,2,4,13,17,19,33H2,1,3H3,(H,36,37). The summed E-state index contributed by atoms with van der Waals surface area (Å²) in [4.78, 5) is 8.20. The number of H-pyrrole nitrogens is 1. The number of anilines is 1. The number of aromatic nitrogens is 2. The minimum atomic E-state index is 0.280. The van der Waals surface area contributed by atoms with Gasteiger partial charge in [0.25, 0.3) is 0 Å². The quantitative estimate of drug-likeness (QED) is 0.130. The van der Waals surface area contributed by atoms with Crippen LogP contribution in [0, 0.1) is 5.41 Å². The van der Waals surface area contributed by atoms with Crippen LogP contribution in [0.1, 0.15) is 43.6 Å². The van der Waals surface area contributed by atoms with Gasteiger partial charge in [0.15, 0.2) is 5.82 Å². The molecule has 0 saturated carbocycles. The van der Waals surface area contributed by atoms with Crippen LogP contribution >= 0.6 is 0 Å². The predicted molar refractivity (Wildman–Crippen MR) is 156 cm³/mol. The lowest BCUT2D eigenvalue weighted by Crippen LogP contribution is -2.17. The molecule has 0 saturated heterocycles. The zero-order valence-corrected chi connectivity index (χ0v) is 21.5. The average molecular weight is 488 g/mol. The summed E-state index contributed by atoms with van der Waals surface area (Å²) >= 11 is 0. The van der Waals surface area contributed by atoms with Crippen LogP contribution in [0.15, 0.2) is 96.1 Å². The second-order valence-corrected chi connectivity index (χ2v) is 9.59. The fourth-order valence-electron chi connectivity index (χ4n) is 4.97. The number of hydrogen-bond donors (Lipinski definition) is 4. The molecule has 0 radical (unpaired) electrons. The van der Waals surface area contributed by atoms with Crippen LogP contribution in [0.3, 0.4) is 0 Å². The summed E-state index contributed by atoms with van der Waals surface area (Å²) < 4.78 is 0. The largest absolute Gasteiger partial charge is 0.398 e. The summed E-state index contributed by atoms with van der Waals surface area (Å²) in [7, 11) is 0. The van der Waals surface area contributed by atoms with Crippen LogP contribution in [0.4, 0.5) is 5.69 Å². The third kappa shape index (κ3) is 4.91. The number of nitrogens with two attached hydrogens (primary N) is 1. The molecular weight excluding hydrogens is 454 g/mol. The van der Waals surface area contributed by atoms with Gasteiger partial charge in [-0.1, -0.05) is 73.7 Å². The van der Waals surface area contributed by atoms with E-state index in [4.69, 9.17) is 16.1 Å². The number of rotatable bonds is 7. The van der Waals surface area contributed by atoms with Gasteiger partial charge in [0.1, 0.15) is 5.71 Å². The number of hydrogen-bond acceptors (Lipinski definition) is 4. The molecule has 5 rings (SSSR count). The van der Waals surface area contributed by atoms with Crippen molar-refractivity contribution < 1.29 is 0 Å². The monoisotopic (exact) mass is 487 g/mol. The Hall–Kier alpha value is -4.22. The molecule has 37 heavy (non-hydrogen) atoms. The summed E-state index contributed by atoms with van der Waals surface area (Å²) in [5, 5.41) is 12.5. The van der Waals surface area contributed by atoms with Crippen LogP contribution in [0.25, 0.3) is 27.7 Å². The molecule has 4 aromatic rings. The summed E-state index contributed by atoms with van der Waals surface area (Å²) in [6.07, 6.45) is 3.99. The van der Waals surface area contributed by atoms with Crippen LogP contribution in [-0.2, 0) is 0 Å². The van der Waals surface area contributed by atoms with Gasteiger partial charge in [0.05, 0.1) is 11.0 Å². The first-order valence-corrected chi connectivity index (χ1v) is 12.8. The number of nitrogens with zero attached hydrogens (tertiary/aromatic N) is 1. The molecule has 0 amide bonds. The van der Waals surface area contributed by atoms with E-state index in [1.54, 1.807) is 0 Å². The number of nitrogens with one attached hydrogen (secondary N) is 3. The van der Waals surface area contributed by atoms with Gasteiger partial charge in [-0.3, -0.25) is 5.41 Å². The van der Waals surface area contributed by atoms with Crippen molar-refractivity contribution >= 4 is 28.0 Å². The fraction of sp³-hybridized carbons (Fsp3) is 0.188. The van der Waals surface area contributed by atoms with Gasteiger partial charge in [0.2, 0.25) is 0 Å². The maximum Gasteiger partial charge on any atom is 0.157 e. The van der Waals surface area contributed by atoms with Crippen molar-refractivity contribution in [1.29, 1.82) is 5.41 Å². The zero-order chi connectivity index (χ0) is 25.9. The van der Waals surface area contributed by atoms with Gasteiger partial charge < -0.3 is 16.0 Å². The topological polar surface area (TPSA) is 90.6 Å². The van der Waals surface area contributed by atoms with Gasteiger partial charge in [-0.15, -0.1) is 0 Å². The highest BCUT2D eigenvalue weighted by Gasteiger charge is 2.19. The molecule has 1 aromatic heterocycles. The maximum atomic E-state index is 9.06. The normalized spacial score (nSPS) is 14.1. The number of nitrogen functional groups attached to an aromatic ring is 1. The first-order valence-electron chi connectivity index (χ1n) is 12.8. The Morgan fingerprint density at radius 2 is 1.89 bits per heavy atom. The van der Waals surface area contributed by atoms with E-state index in [2.05, 4.69) is 55.0 Å². The Bertz CT molecular complexity index is 1550. The van der Waals surface area contributed by atoms with Crippen molar-refractivity contribution in [1.82, 2.24) is 15.3 Å². The van der Waals surface area contributed by atoms with Gasteiger partial charge in [-0.25, -0.2) is 4.98 Å². The van der Waals surface area contributed by atoms with E-state index in [-0.39, 0.29) is 5.71 Å². The van der Waals surface area contributed by atoms with E-state index >= 15 is 0 Å². The van der Waals surface area contributed by atoms with Crippen molar-refractivity contribution in [3.8, 4) is 11.1 Å². The number of aromatic amines is 1. The van der Waals surface area contributed by atoms with E-state index in [9.17, 15) is 0 Å². The third-order valence-corrected chi connectivity index (χ3v) is 7.05. The van der Waals surface area contributed by atoms with Crippen LogP contribution in [0.2, 0.25) is 0 Å². The molecule has 3 aromatic carbocycles. The molecule has 0 atom stereocenters. The van der Waals surface area contributed by atoms with Crippen LogP contribution < -0.4 is 11.1 Å². The Morgan fingerprint density at radius 3 is 2.68 bits per heavy atom. The Labute approximate surface area is 218 Å². The van der Waals surface area contributed by atoms with Gasteiger partial charge in [-0.05, 0) is 72.4 Å². The summed E-state index contributed by atoms with van der Waals surface area (Å²) in [6.45, 7) is 10.3. The molecule has 1 heterocycles. The predicted octanol–water partition coefficient (Wildman–Crippen LogP) is 6.89. The summed E-state index contributed by atoms with van der Waals surface area (Å²) in [5.74, 6) is 0.505.